The Morgan fingerprint density at radius 3 is 2.21 bits per heavy atom. The van der Waals surface area contributed by atoms with Gasteiger partial charge in [0, 0.05) is 11.7 Å². The molecule has 0 spiro atoms. The molecule has 0 amide bonds. The first-order chi connectivity index (χ1) is 8.59. The molecule has 0 saturated heterocycles. The molecule has 4 nitrogen and oxygen atoms in total. The van der Waals surface area contributed by atoms with E-state index in [4.69, 9.17) is 0 Å². The quantitative estimate of drug-likeness (QED) is 0.877. The molecule has 19 heavy (non-hydrogen) atoms. The van der Waals surface area contributed by atoms with E-state index in [2.05, 4.69) is 38.0 Å². The maximum absolute atomic E-state index is 11.4. The van der Waals surface area contributed by atoms with Crippen molar-refractivity contribution in [1.29, 1.82) is 0 Å². The number of aryl methyl sites for hydroxylation is 2. The van der Waals surface area contributed by atoms with Crippen LogP contribution in [-0.2, 0) is 0 Å². The minimum absolute atomic E-state index is 0.141. The van der Waals surface area contributed by atoms with Gasteiger partial charge in [-0.25, -0.2) is 9.78 Å². The van der Waals surface area contributed by atoms with Crippen LogP contribution in [0.2, 0.25) is 0 Å². The molecule has 0 atom stereocenters. The summed E-state index contributed by atoms with van der Waals surface area (Å²) in [5.74, 6) is -0.433. The van der Waals surface area contributed by atoms with Crippen molar-refractivity contribution in [3.05, 3.63) is 22.9 Å². The van der Waals surface area contributed by atoms with Gasteiger partial charge in [0.25, 0.3) is 0 Å². The summed E-state index contributed by atoms with van der Waals surface area (Å²) in [5.41, 5.74) is 2.15. The van der Waals surface area contributed by atoms with Crippen LogP contribution in [-0.4, -0.2) is 22.1 Å². The number of carboxylic acid groups (broad SMARTS) is 1. The summed E-state index contributed by atoms with van der Waals surface area (Å²) in [6.07, 6.45) is 0. The maximum atomic E-state index is 11.4. The minimum Gasteiger partial charge on any atom is -0.478 e. The SMILES string of the molecule is Cc1cc(C)c(C(=O)O)c(NC2C(C)(C)C2(C)C)n1. The third-order valence-corrected chi connectivity index (χ3v) is 4.86. The van der Waals surface area contributed by atoms with E-state index in [9.17, 15) is 9.90 Å². The van der Waals surface area contributed by atoms with E-state index < -0.39 is 5.97 Å². The third kappa shape index (κ3) is 1.99. The summed E-state index contributed by atoms with van der Waals surface area (Å²) in [6.45, 7) is 12.4. The highest BCUT2D eigenvalue weighted by molar-refractivity contribution is 5.95. The van der Waals surface area contributed by atoms with Gasteiger partial charge in [0.05, 0.1) is 0 Å². The smallest absolute Gasteiger partial charge is 0.339 e. The van der Waals surface area contributed by atoms with Gasteiger partial charge in [-0.05, 0) is 36.3 Å². The molecule has 2 rings (SSSR count). The molecule has 0 aliphatic heterocycles. The average Bonchev–Trinajstić information content (AvgIpc) is 2.59. The highest BCUT2D eigenvalue weighted by Crippen LogP contribution is 2.63. The van der Waals surface area contributed by atoms with Crippen LogP contribution in [0.3, 0.4) is 0 Å². The standard InChI is InChI=1S/C15H22N2O2/c1-8-7-9(2)16-11(10(8)12(18)19)17-13-14(3,4)15(13,5)6/h7,13H,1-6H3,(H,16,17)(H,18,19). The Bertz CT molecular complexity index is 533. The lowest BCUT2D eigenvalue weighted by Gasteiger charge is -2.13. The molecule has 1 aromatic rings. The number of aromatic carboxylic acids is 1. The van der Waals surface area contributed by atoms with Crippen LogP contribution in [0.1, 0.15) is 49.3 Å². The number of hydrogen-bond donors (Lipinski definition) is 2. The zero-order chi connectivity index (χ0) is 14.6. The molecular formula is C15H22N2O2. The number of pyridine rings is 1. The van der Waals surface area contributed by atoms with E-state index in [0.29, 0.717) is 5.82 Å². The van der Waals surface area contributed by atoms with Gasteiger partial charge in [-0.1, -0.05) is 27.7 Å². The number of anilines is 1. The van der Waals surface area contributed by atoms with E-state index in [1.165, 1.54) is 0 Å². The van der Waals surface area contributed by atoms with Crippen LogP contribution in [0.5, 0.6) is 0 Å². The predicted molar refractivity (Wildman–Crippen MR) is 75.6 cm³/mol. The van der Waals surface area contributed by atoms with Gasteiger partial charge in [-0.3, -0.25) is 0 Å². The summed E-state index contributed by atoms with van der Waals surface area (Å²) in [6, 6.07) is 2.05. The number of nitrogens with zero attached hydrogens (tertiary/aromatic N) is 1. The maximum Gasteiger partial charge on any atom is 0.339 e. The van der Waals surface area contributed by atoms with Crippen molar-refractivity contribution in [2.24, 2.45) is 10.8 Å². The minimum atomic E-state index is -0.927. The molecule has 0 unspecified atom stereocenters. The Hall–Kier alpha value is -1.58. The molecule has 0 aromatic carbocycles. The molecule has 1 aliphatic carbocycles. The Morgan fingerprint density at radius 1 is 1.26 bits per heavy atom. The Balaban J connectivity index is 2.39. The monoisotopic (exact) mass is 262 g/mol. The number of nitrogens with one attached hydrogen (secondary N) is 1. The van der Waals surface area contributed by atoms with Crippen LogP contribution in [0.4, 0.5) is 5.82 Å². The summed E-state index contributed by atoms with van der Waals surface area (Å²) >= 11 is 0. The molecule has 1 saturated carbocycles. The zero-order valence-corrected chi connectivity index (χ0v) is 12.5. The first-order valence-electron chi connectivity index (χ1n) is 6.57. The van der Waals surface area contributed by atoms with Crippen molar-refractivity contribution in [2.75, 3.05) is 5.32 Å². The first kappa shape index (κ1) is 13.8. The largest absolute Gasteiger partial charge is 0.478 e. The van der Waals surface area contributed by atoms with Gasteiger partial charge in [-0.2, -0.15) is 0 Å². The third-order valence-electron chi connectivity index (χ3n) is 4.86. The molecule has 104 valence electrons. The number of aromatic nitrogens is 1. The highest BCUT2D eigenvalue weighted by atomic mass is 16.4. The molecule has 0 radical (unpaired) electrons. The number of carboxylic acids is 1. The van der Waals surface area contributed by atoms with Crippen LogP contribution < -0.4 is 5.32 Å². The lowest BCUT2D eigenvalue weighted by atomic mass is 10.0. The van der Waals surface area contributed by atoms with Crippen molar-refractivity contribution in [3.63, 3.8) is 0 Å². The van der Waals surface area contributed by atoms with Crippen LogP contribution in [0.25, 0.3) is 0 Å². The molecule has 0 bridgehead atoms. The Kier molecular flexibility index (Phi) is 2.88. The molecule has 1 fully saturated rings. The Labute approximate surface area is 114 Å². The van der Waals surface area contributed by atoms with Gasteiger partial charge in [-0.15, -0.1) is 0 Å². The lowest BCUT2D eigenvalue weighted by molar-refractivity contribution is 0.0696. The molecular weight excluding hydrogens is 240 g/mol. The van der Waals surface area contributed by atoms with E-state index in [1.807, 2.05) is 13.8 Å². The average molecular weight is 262 g/mol. The molecule has 1 aromatic heterocycles. The normalized spacial score (nSPS) is 20.1. The second-order valence-corrected chi connectivity index (χ2v) is 6.63. The van der Waals surface area contributed by atoms with Crippen molar-refractivity contribution in [1.82, 2.24) is 4.98 Å². The fraction of sp³-hybridized carbons (Fsp3) is 0.600. The molecule has 4 heteroatoms. The summed E-state index contributed by atoms with van der Waals surface area (Å²) in [7, 11) is 0. The van der Waals surface area contributed by atoms with E-state index in [1.54, 1.807) is 6.07 Å². The number of carbonyl (C=O) groups is 1. The van der Waals surface area contributed by atoms with Crippen molar-refractivity contribution >= 4 is 11.8 Å². The summed E-state index contributed by atoms with van der Waals surface area (Å²) in [4.78, 5) is 15.8. The fourth-order valence-corrected chi connectivity index (χ4v) is 2.91. The van der Waals surface area contributed by atoms with E-state index in [0.717, 1.165) is 11.3 Å². The molecule has 2 N–H and O–H groups in total. The number of rotatable bonds is 3. The lowest BCUT2D eigenvalue weighted by Crippen LogP contribution is -2.16. The summed E-state index contributed by atoms with van der Waals surface area (Å²) < 4.78 is 0. The van der Waals surface area contributed by atoms with E-state index >= 15 is 0 Å². The molecule has 1 heterocycles. The van der Waals surface area contributed by atoms with Gasteiger partial charge in [0.15, 0.2) is 0 Å². The number of hydrogen-bond acceptors (Lipinski definition) is 3. The van der Waals surface area contributed by atoms with Crippen LogP contribution in [0, 0.1) is 24.7 Å². The zero-order valence-electron chi connectivity index (χ0n) is 12.5. The van der Waals surface area contributed by atoms with Crippen molar-refractivity contribution in [3.8, 4) is 0 Å². The second-order valence-electron chi connectivity index (χ2n) is 6.63. The summed E-state index contributed by atoms with van der Waals surface area (Å²) in [5, 5.41) is 12.7. The van der Waals surface area contributed by atoms with Gasteiger partial charge in [0.1, 0.15) is 11.4 Å². The van der Waals surface area contributed by atoms with Gasteiger partial charge >= 0.3 is 5.97 Å². The predicted octanol–water partition coefficient (Wildman–Crippen LogP) is 3.24. The van der Waals surface area contributed by atoms with Crippen molar-refractivity contribution < 1.29 is 9.90 Å². The van der Waals surface area contributed by atoms with Gasteiger partial charge < -0.3 is 10.4 Å². The fourth-order valence-electron chi connectivity index (χ4n) is 2.91. The first-order valence-corrected chi connectivity index (χ1v) is 6.57. The van der Waals surface area contributed by atoms with Crippen molar-refractivity contribution in [2.45, 2.75) is 47.6 Å². The topological polar surface area (TPSA) is 62.2 Å². The Morgan fingerprint density at radius 2 is 1.79 bits per heavy atom. The van der Waals surface area contributed by atoms with Crippen LogP contribution in [0.15, 0.2) is 6.07 Å². The van der Waals surface area contributed by atoms with E-state index in [-0.39, 0.29) is 22.4 Å². The molecule has 1 aliphatic rings. The van der Waals surface area contributed by atoms with Crippen LogP contribution >= 0.6 is 0 Å². The van der Waals surface area contributed by atoms with Gasteiger partial charge in [0.2, 0.25) is 0 Å². The highest BCUT2D eigenvalue weighted by Gasteiger charge is 2.65. The second kappa shape index (κ2) is 3.95.